The molecule has 1 aromatic rings. The molecule has 5 nitrogen and oxygen atoms in total. The molecular weight excluding hydrogens is 266 g/mol. The predicted molar refractivity (Wildman–Crippen MR) is 84.9 cm³/mol. The first-order chi connectivity index (χ1) is 9.61. The number of amides is 2. The van der Waals surface area contributed by atoms with Crippen LogP contribution >= 0.6 is 0 Å². The minimum atomic E-state index is -0.576. The minimum Gasteiger partial charge on any atom is -0.349 e. The maximum Gasteiger partial charge on any atom is 0.241 e. The normalized spacial score (nSPS) is 12.7. The highest BCUT2D eigenvalue weighted by molar-refractivity contribution is 5.95. The van der Waals surface area contributed by atoms with Gasteiger partial charge in [-0.05, 0) is 23.1 Å². The average Bonchev–Trinajstić information content (AvgIpc) is 2.38. The van der Waals surface area contributed by atoms with Crippen LogP contribution in [0, 0.1) is 5.41 Å². The maximum atomic E-state index is 12.0. The van der Waals surface area contributed by atoms with Gasteiger partial charge in [-0.2, -0.15) is 0 Å². The van der Waals surface area contributed by atoms with Gasteiger partial charge in [0.1, 0.15) is 0 Å². The van der Waals surface area contributed by atoms with E-state index >= 15 is 0 Å². The second kappa shape index (κ2) is 6.72. The van der Waals surface area contributed by atoms with Gasteiger partial charge in [0, 0.05) is 19.8 Å². The number of nitrogens with two attached hydrogens (primary N) is 1. The Bertz CT molecular complexity index is 501. The molecule has 0 aromatic heterocycles. The van der Waals surface area contributed by atoms with Crippen LogP contribution in [-0.2, 0) is 16.0 Å². The molecule has 3 N–H and O–H groups in total. The summed E-state index contributed by atoms with van der Waals surface area (Å²) < 4.78 is 0. The zero-order chi connectivity index (χ0) is 16.2. The van der Waals surface area contributed by atoms with Gasteiger partial charge in [0.05, 0.1) is 12.5 Å². The van der Waals surface area contributed by atoms with E-state index in [0.717, 1.165) is 5.56 Å². The summed E-state index contributed by atoms with van der Waals surface area (Å²) >= 11 is 0. The monoisotopic (exact) mass is 291 g/mol. The van der Waals surface area contributed by atoms with E-state index in [9.17, 15) is 9.59 Å². The summed E-state index contributed by atoms with van der Waals surface area (Å²) in [7, 11) is 3.45. The zero-order valence-corrected chi connectivity index (χ0v) is 13.4. The number of likely N-dealkylation sites (N-methyl/N-ethyl adjacent to an activating group) is 1. The number of hydrogen-bond acceptors (Lipinski definition) is 3. The van der Waals surface area contributed by atoms with Gasteiger partial charge in [-0.1, -0.05) is 32.9 Å². The van der Waals surface area contributed by atoms with Crippen LogP contribution in [0.3, 0.4) is 0 Å². The van der Waals surface area contributed by atoms with Crippen molar-refractivity contribution in [3.63, 3.8) is 0 Å². The number of nitrogens with one attached hydrogen (secondary N) is 1. The lowest BCUT2D eigenvalue weighted by Crippen LogP contribution is -2.45. The van der Waals surface area contributed by atoms with E-state index in [1.54, 1.807) is 31.1 Å². The molecule has 0 aliphatic rings. The number of nitrogens with zero attached hydrogens (tertiary/aromatic N) is 1. The van der Waals surface area contributed by atoms with Crippen molar-refractivity contribution in [1.82, 2.24) is 4.90 Å². The molecule has 1 atom stereocenters. The Kier molecular flexibility index (Phi) is 5.49. The fraction of sp³-hybridized carbons (Fsp3) is 0.500. The number of carbonyl (C=O) groups is 2. The molecule has 1 aromatic carbocycles. The van der Waals surface area contributed by atoms with Crippen LogP contribution < -0.4 is 11.1 Å². The van der Waals surface area contributed by atoms with Gasteiger partial charge in [-0.25, -0.2) is 0 Å². The molecule has 0 radical (unpaired) electrons. The lowest BCUT2D eigenvalue weighted by molar-refractivity contribution is -0.128. The summed E-state index contributed by atoms with van der Waals surface area (Å²) in [5.41, 5.74) is 7.21. The third-order valence-corrected chi connectivity index (χ3v) is 3.29. The Labute approximate surface area is 126 Å². The van der Waals surface area contributed by atoms with Gasteiger partial charge < -0.3 is 16.0 Å². The summed E-state index contributed by atoms with van der Waals surface area (Å²) in [4.78, 5) is 25.2. The van der Waals surface area contributed by atoms with Gasteiger partial charge >= 0.3 is 0 Å². The van der Waals surface area contributed by atoms with Gasteiger partial charge in [0.25, 0.3) is 0 Å². The van der Waals surface area contributed by atoms with E-state index in [1.807, 2.05) is 32.9 Å². The Hall–Kier alpha value is -1.88. The summed E-state index contributed by atoms with van der Waals surface area (Å²) in [5, 5.41) is 2.79. The van der Waals surface area contributed by atoms with Crippen LogP contribution in [0.25, 0.3) is 0 Å². The zero-order valence-electron chi connectivity index (χ0n) is 13.4. The smallest absolute Gasteiger partial charge is 0.241 e. The number of benzene rings is 1. The Morgan fingerprint density at radius 2 is 1.71 bits per heavy atom. The Balaban J connectivity index is 2.67. The second-order valence-electron chi connectivity index (χ2n) is 6.49. The van der Waals surface area contributed by atoms with Gasteiger partial charge in [0.15, 0.2) is 0 Å². The van der Waals surface area contributed by atoms with E-state index in [0.29, 0.717) is 12.1 Å². The van der Waals surface area contributed by atoms with E-state index < -0.39 is 6.04 Å². The van der Waals surface area contributed by atoms with Gasteiger partial charge in [-0.3, -0.25) is 9.59 Å². The van der Waals surface area contributed by atoms with Crippen molar-refractivity contribution in [1.29, 1.82) is 0 Å². The van der Waals surface area contributed by atoms with E-state index in [1.165, 1.54) is 0 Å². The number of rotatable bonds is 4. The molecule has 0 heterocycles. The van der Waals surface area contributed by atoms with E-state index in [4.69, 9.17) is 5.73 Å². The quantitative estimate of drug-likeness (QED) is 0.885. The molecule has 2 amide bonds. The summed E-state index contributed by atoms with van der Waals surface area (Å²) in [6.45, 7) is 5.77. The molecule has 116 valence electrons. The first kappa shape index (κ1) is 17.2. The number of carbonyl (C=O) groups excluding carboxylic acids is 2. The van der Waals surface area contributed by atoms with Crippen LogP contribution in [0.2, 0.25) is 0 Å². The highest BCUT2D eigenvalue weighted by Crippen LogP contribution is 2.19. The lowest BCUT2D eigenvalue weighted by Gasteiger charge is -2.25. The van der Waals surface area contributed by atoms with Crippen LogP contribution in [-0.4, -0.2) is 36.9 Å². The molecule has 0 aliphatic heterocycles. The van der Waals surface area contributed by atoms with Crippen molar-refractivity contribution < 1.29 is 9.59 Å². The van der Waals surface area contributed by atoms with E-state index in [-0.39, 0.29) is 17.2 Å². The van der Waals surface area contributed by atoms with Crippen molar-refractivity contribution in [2.24, 2.45) is 11.1 Å². The van der Waals surface area contributed by atoms with Crippen LogP contribution in [0.15, 0.2) is 24.3 Å². The number of hydrogen-bond donors (Lipinski definition) is 2. The molecule has 0 aliphatic carbocycles. The van der Waals surface area contributed by atoms with Crippen molar-refractivity contribution >= 4 is 17.5 Å². The van der Waals surface area contributed by atoms with E-state index in [2.05, 4.69) is 5.32 Å². The second-order valence-corrected chi connectivity index (χ2v) is 6.49. The maximum absolute atomic E-state index is 12.0. The van der Waals surface area contributed by atoms with Crippen LogP contribution in [0.4, 0.5) is 5.69 Å². The summed E-state index contributed by atoms with van der Waals surface area (Å²) in [6.07, 6.45) is 0.350. The molecule has 0 bridgehead atoms. The molecule has 0 saturated carbocycles. The SMILES string of the molecule is CN(C)C(=O)Cc1ccc(NC(=O)[C@@H](N)C(C)(C)C)cc1. The topological polar surface area (TPSA) is 75.4 Å². The van der Waals surface area contributed by atoms with Crippen molar-refractivity contribution in [3.05, 3.63) is 29.8 Å². The fourth-order valence-electron chi connectivity index (χ4n) is 1.65. The molecule has 5 heteroatoms. The fourth-order valence-corrected chi connectivity index (χ4v) is 1.65. The van der Waals surface area contributed by atoms with Gasteiger partial charge in [0.2, 0.25) is 11.8 Å². The molecule has 21 heavy (non-hydrogen) atoms. The third-order valence-electron chi connectivity index (χ3n) is 3.29. The van der Waals surface area contributed by atoms with Crippen molar-refractivity contribution in [3.8, 4) is 0 Å². The van der Waals surface area contributed by atoms with Crippen LogP contribution in [0.1, 0.15) is 26.3 Å². The molecule has 1 rings (SSSR count). The summed E-state index contributed by atoms with van der Waals surface area (Å²) in [5.74, 6) is -0.166. The molecule has 0 saturated heterocycles. The van der Waals surface area contributed by atoms with Crippen LogP contribution in [0.5, 0.6) is 0 Å². The minimum absolute atomic E-state index is 0.0431. The Morgan fingerprint density at radius 3 is 2.14 bits per heavy atom. The lowest BCUT2D eigenvalue weighted by atomic mass is 9.87. The molecular formula is C16H25N3O2. The number of anilines is 1. The molecule has 0 spiro atoms. The van der Waals surface area contributed by atoms with Crippen molar-refractivity contribution in [2.45, 2.75) is 33.2 Å². The van der Waals surface area contributed by atoms with Crippen molar-refractivity contribution in [2.75, 3.05) is 19.4 Å². The van der Waals surface area contributed by atoms with Gasteiger partial charge in [-0.15, -0.1) is 0 Å². The Morgan fingerprint density at radius 1 is 1.19 bits per heavy atom. The average molecular weight is 291 g/mol. The third kappa shape index (κ3) is 5.19. The summed E-state index contributed by atoms with van der Waals surface area (Å²) in [6, 6.07) is 6.66. The first-order valence-electron chi connectivity index (χ1n) is 6.97. The standard InChI is InChI=1S/C16H25N3O2/c1-16(2,3)14(17)15(21)18-12-8-6-11(7-9-12)10-13(20)19(4)5/h6-9,14H,10,17H2,1-5H3,(H,18,21)/t14-/m1/s1. The largest absolute Gasteiger partial charge is 0.349 e. The molecule has 0 unspecified atom stereocenters. The predicted octanol–water partition coefficient (Wildman–Crippen LogP) is 1.63. The highest BCUT2D eigenvalue weighted by atomic mass is 16.2. The highest BCUT2D eigenvalue weighted by Gasteiger charge is 2.27. The first-order valence-corrected chi connectivity index (χ1v) is 6.97. The molecule has 0 fully saturated rings.